The van der Waals surface area contributed by atoms with Crippen molar-refractivity contribution in [3.8, 4) is 84.6 Å². The van der Waals surface area contributed by atoms with Crippen molar-refractivity contribution in [3.05, 3.63) is 199 Å². The van der Waals surface area contributed by atoms with Crippen molar-refractivity contribution in [2.45, 2.75) is 20.8 Å². The van der Waals surface area contributed by atoms with E-state index in [2.05, 4.69) is 178 Å². The highest BCUT2D eigenvalue weighted by atomic mass is 15.3. The first-order valence-electron chi connectivity index (χ1n) is 19.8. The monoisotopic (exact) mass is 777 g/mol. The summed E-state index contributed by atoms with van der Waals surface area (Å²) in [7, 11) is 0. The third kappa shape index (κ3) is 6.77. The zero-order valence-corrected chi connectivity index (χ0v) is 33.3. The Labute approximate surface area is 348 Å². The number of rotatable bonds is 9. The van der Waals surface area contributed by atoms with Crippen LogP contribution in [0.5, 0.6) is 0 Å². The van der Waals surface area contributed by atoms with Crippen LogP contribution in [0.15, 0.2) is 183 Å². The molecule has 0 saturated heterocycles. The highest BCUT2D eigenvalue weighted by Gasteiger charge is 2.16. The summed E-state index contributed by atoms with van der Waals surface area (Å²) >= 11 is 0. The Morgan fingerprint density at radius 3 is 0.800 bits per heavy atom. The largest absolute Gasteiger partial charge is 0.215 e. The van der Waals surface area contributed by atoms with Gasteiger partial charge in [0, 0.05) is 16.7 Å². The summed E-state index contributed by atoms with van der Waals surface area (Å²) < 4.78 is 5.72. The summed E-state index contributed by atoms with van der Waals surface area (Å²) in [5, 5.41) is 13.7. The highest BCUT2D eigenvalue weighted by molar-refractivity contribution is 5.83. The summed E-state index contributed by atoms with van der Waals surface area (Å²) in [4.78, 5) is 14.0. The Bertz CT molecular complexity index is 2770. The van der Waals surface area contributed by atoms with Gasteiger partial charge in [0.1, 0.15) is 19.0 Å². The van der Waals surface area contributed by atoms with Gasteiger partial charge in [0.05, 0.1) is 17.1 Å². The molecule has 0 saturated carbocycles. The maximum absolute atomic E-state index is 4.65. The summed E-state index contributed by atoms with van der Waals surface area (Å²) in [6, 6.07) is 57.2. The molecule has 9 nitrogen and oxygen atoms in total. The van der Waals surface area contributed by atoms with Crippen LogP contribution in [-0.4, -0.2) is 44.3 Å². The Morgan fingerprint density at radius 2 is 0.533 bits per heavy atom. The smallest absolute Gasteiger partial charge is 0.163 e. The number of aryl methyl sites for hydroxylation is 3. The third-order valence-corrected chi connectivity index (χ3v) is 11.0. The molecule has 10 rings (SSSR count). The maximum Gasteiger partial charge on any atom is 0.163 e. The van der Waals surface area contributed by atoms with E-state index in [4.69, 9.17) is 0 Å². The molecule has 3 aromatic heterocycles. The Hall–Kier alpha value is -8.04. The van der Waals surface area contributed by atoms with E-state index in [1.165, 1.54) is 0 Å². The van der Waals surface area contributed by atoms with Gasteiger partial charge in [0.25, 0.3) is 0 Å². The Morgan fingerprint density at radius 1 is 0.283 bits per heavy atom. The van der Waals surface area contributed by atoms with Crippen molar-refractivity contribution in [3.63, 3.8) is 0 Å². The zero-order chi connectivity index (χ0) is 40.6. The van der Waals surface area contributed by atoms with Gasteiger partial charge in [0.15, 0.2) is 17.5 Å². The fourth-order valence-electron chi connectivity index (χ4n) is 7.81. The van der Waals surface area contributed by atoms with E-state index in [0.29, 0.717) is 0 Å². The molecule has 0 aliphatic rings. The van der Waals surface area contributed by atoms with Crippen LogP contribution >= 0.6 is 0 Å². The molecule has 3 heterocycles. The molecule has 0 atom stereocenters. The lowest BCUT2D eigenvalue weighted by Crippen LogP contribution is -2.01. The van der Waals surface area contributed by atoms with Gasteiger partial charge in [-0.3, -0.25) is 0 Å². The maximum atomic E-state index is 4.65. The van der Waals surface area contributed by atoms with Gasteiger partial charge in [-0.05, 0) is 107 Å². The lowest BCUT2D eigenvalue weighted by Gasteiger charge is -2.14. The van der Waals surface area contributed by atoms with Crippen LogP contribution in [0.3, 0.4) is 0 Å². The molecule has 0 unspecified atom stereocenters. The molecule has 288 valence electrons. The molecule has 7 aromatic carbocycles. The van der Waals surface area contributed by atoms with Crippen LogP contribution in [0.1, 0.15) is 16.7 Å². The molecule has 0 aliphatic heterocycles. The number of nitrogens with zero attached hydrogens (tertiary/aromatic N) is 9. The van der Waals surface area contributed by atoms with Crippen LogP contribution in [0, 0.1) is 20.8 Å². The molecular formula is C51H39N9. The first kappa shape index (κ1) is 36.3. The van der Waals surface area contributed by atoms with Gasteiger partial charge in [0.2, 0.25) is 0 Å². The molecule has 0 spiro atoms. The van der Waals surface area contributed by atoms with Crippen LogP contribution in [0.2, 0.25) is 0 Å². The Balaban J connectivity index is 1.03. The second kappa shape index (κ2) is 15.4. The summed E-state index contributed by atoms with van der Waals surface area (Å²) in [5.74, 6) is 2.38. The highest BCUT2D eigenvalue weighted by Crippen LogP contribution is 2.36. The molecule has 0 radical (unpaired) electrons. The van der Waals surface area contributed by atoms with Gasteiger partial charge in [-0.25, -0.2) is 29.0 Å². The molecule has 0 amide bonds. The number of benzene rings is 7. The predicted molar refractivity (Wildman–Crippen MR) is 238 cm³/mol. The van der Waals surface area contributed by atoms with Crippen molar-refractivity contribution >= 4 is 0 Å². The average molecular weight is 778 g/mol. The standard InChI is InChI=1S/C51H39N9/c1-34-10-4-7-13-46(34)58-49(52-31-55-58)40-22-16-37(17-23-40)43-28-44(38-18-24-41(25-19-38)50-53-32-56-59(50)47-14-8-5-11-35(47)2)30-45(29-43)39-20-26-42(27-21-39)51-54-33-57-60(51)48-15-9-6-12-36(48)3/h4-33H,1-3H3. The van der Waals surface area contributed by atoms with Crippen molar-refractivity contribution < 1.29 is 0 Å². The first-order chi connectivity index (χ1) is 29.5. The summed E-state index contributed by atoms with van der Waals surface area (Å²) in [5.41, 5.74) is 15.9. The van der Waals surface area contributed by atoms with Gasteiger partial charge in [-0.2, -0.15) is 15.3 Å². The summed E-state index contributed by atoms with van der Waals surface area (Å²) in [6.07, 6.45) is 4.84. The molecule has 0 bridgehead atoms. The van der Waals surface area contributed by atoms with E-state index >= 15 is 0 Å². The fraction of sp³-hybridized carbons (Fsp3) is 0.0588. The van der Waals surface area contributed by atoms with E-state index in [1.54, 1.807) is 19.0 Å². The van der Waals surface area contributed by atoms with Gasteiger partial charge in [-0.15, -0.1) is 0 Å². The minimum absolute atomic E-state index is 0.794. The first-order valence-corrected chi connectivity index (χ1v) is 19.8. The summed E-state index contributed by atoms with van der Waals surface area (Å²) in [6.45, 7) is 6.26. The quantitative estimate of drug-likeness (QED) is 0.145. The van der Waals surface area contributed by atoms with Crippen molar-refractivity contribution in [1.29, 1.82) is 0 Å². The van der Waals surface area contributed by atoms with E-state index in [0.717, 1.165) is 101 Å². The Kier molecular flexibility index (Phi) is 9.30. The normalized spacial score (nSPS) is 11.2. The van der Waals surface area contributed by atoms with E-state index in [1.807, 2.05) is 50.4 Å². The minimum Gasteiger partial charge on any atom is -0.215 e. The molecule has 60 heavy (non-hydrogen) atoms. The molecule has 10 aromatic rings. The van der Waals surface area contributed by atoms with Gasteiger partial charge >= 0.3 is 0 Å². The lowest BCUT2D eigenvalue weighted by atomic mass is 9.92. The third-order valence-electron chi connectivity index (χ3n) is 11.0. The van der Waals surface area contributed by atoms with Crippen LogP contribution in [-0.2, 0) is 0 Å². The zero-order valence-electron chi connectivity index (χ0n) is 33.3. The predicted octanol–water partition coefficient (Wildman–Crippen LogP) is 11.4. The van der Waals surface area contributed by atoms with Gasteiger partial charge in [-0.1, -0.05) is 127 Å². The topological polar surface area (TPSA) is 92.1 Å². The van der Waals surface area contributed by atoms with E-state index in [-0.39, 0.29) is 0 Å². The lowest BCUT2D eigenvalue weighted by molar-refractivity contribution is 0.879. The fourth-order valence-corrected chi connectivity index (χ4v) is 7.81. The molecule has 0 aliphatic carbocycles. The molecule has 0 fully saturated rings. The van der Waals surface area contributed by atoms with Gasteiger partial charge < -0.3 is 0 Å². The number of hydrogen-bond acceptors (Lipinski definition) is 6. The number of para-hydroxylation sites is 3. The van der Waals surface area contributed by atoms with E-state index in [9.17, 15) is 0 Å². The van der Waals surface area contributed by atoms with Crippen molar-refractivity contribution in [2.75, 3.05) is 0 Å². The van der Waals surface area contributed by atoms with Crippen molar-refractivity contribution in [1.82, 2.24) is 44.3 Å². The second-order valence-electron chi connectivity index (χ2n) is 14.9. The number of hydrogen-bond donors (Lipinski definition) is 0. The minimum atomic E-state index is 0.794. The van der Waals surface area contributed by atoms with Crippen molar-refractivity contribution in [2.24, 2.45) is 0 Å². The van der Waals surface area contributed by atoms with Crippen LogP contribution < -0.4 is 0 Å². The molecule has 0 N–H and O–H groups in total. The average Bonchev–Trinajstić information content (AvgIpc) is 4.10. The van der Waals surface area contributed by atoms with E-state index < -0.39 is 0 Å². The molecule has 9 heteroatoms. The SMILES string of the molecule is Cc1ccccc1-n1ncnc1-c1ccc(-c2cc(-c3ccc(-c4ncnn4-c4ccccc4C)cc3)cc(-c3ccc(-c4ncnn4-c4ccccc4C)cc3)c2)cc1. The van der Waals surface area contributed by atoms with Crippen LogP contribution in [0.25, 0.3) is 84.6 Å². The second-order valence-corrected chi connectivity index (χ2v) is 14.9. The number of aromatic nitrogens is 9. The van der Waals surface area contributed by atoms with Crippen LogP contribution in [0.4, 0.5) is 0 Å². The molecular weight excluding hydrogens is 739 g/mol.